The van der Waals surface area contributed by atoms with E-state index in [1.54, 1.807) is 18.3 Å². The Morgan fingerprint density at radius 1 is 1.17 bits per heavy atom. The molecular formula is C33H58N2O5SSi. The smallest absolute Gasteiger partial charge is 0.223 e. The SMILES string of the molecule is C/C(=C\c1csc(C)n1)[C@@H]1CC[C@](C)(O)CCC[C@H](C)[C@H](O)[C@@H](C)C(=O)C(C)(C)[C@@H](O[Si](C)(C)C(C)(C)C)CC(=O)N1. The molecule has 2 rings (SSSR count). The van der Waals surface area contributed by atoms with Crippen LogP contribution in [0.4, 0.5) is 0 Å². The summed E-state index contributed by atoms with van der Waals surface area (Å²) in [6.45, 7) is 24.0. The van der Waals surface area contributed by atoms with Gasteiger partial charge in [0.05, 0.1) is 41.0 Å². The zero-order chi connectivity index (χ0) is 32.3. The third kappa shape index (κ3) is 9.81. The molecule has 0 saturated carbocycles. The molecule has 1 saturated heterocycles. The molecule has 7 nitrogen and oxygen atoms in total. The van der Waals surface area contributed by atoms with Crippen LogP contribution in [0.15, 0.2) is 11.0 Å². The van der Waals surface area contributed by atoms with Gasteiger partial charge < -0.3 is 20.0 Å². The van der Waals surface area contributed by atoms with Crippen molar-refractivity contribution in [2.45, 2.75) is 150 Å². The van der Waals surface area contributed by atoms with Gasteiger partial charge in [0.2, 0.25) is 5.91 Å². The van der Waals surface area contributed by atoms with E-state index in [1.165, 1.54) is 0 Å². The molecule has 3 N–H and O–H groups in total. The molecule has 0 spiro atoms. The third-order valence-corrected chi connectivity index (χ3v) is 15.1. The number of rotatable bonds is 4. The van der Waals surface area contributed by atoms with Crippen molar-refractivity contribution in [3.63, 3.8) is 0 Å². The quantitative estimate of drug-likeness (QED) is 0.310. The van der Waals surface area contributed by atoms with Crippen molar-refractivity contribution < 1.29 is 24.2 Å². The number of aliphatic hydroxyl groups excluding tert-OH is 1. The Morgan fingerprint density at radius 3 is 2.33 bits per heavy atom. The molecule has 6 atom stereocenters. The van der Waals surface area contributed by atoms with E-state index < -0.39 is 37.5 Å². The first kappa shape index (κ1) is 36.8. The van der Waals surface area contributed by atoms with Crippen molar-refractivity contribution in [1.82, 2.24) is 10.3 Å². The topological polar surface area (TPSA) is 109 Å². The van der Waals surface area contributed by atoms with Crippen LogP contribution >= 0.6 is 11.3 Å². The van der Waals surface area contributed by atoms with E-state index in [0.717, 1.165) is 22.7 Å². The molecule has 1 aromatic heterocycles. The van der Waals surface area contributed by atoms with E-state index in [2.05, 4.69) is 44.2 Å². The minimum atomic E-state index is -2.37. The lowest BCUT2D eigenvalue weighted by Gasteiger charge is -2.44. The Bertz CT molecular complexity index is 1100. The zero-order valence-corrected chi connectivity index (χ0v) is 30.1. The number of hydrogen-bond donors (Lipinski definition) is 3. The van der Waals surface area contributed by atoms with Crippen molar-refractivity contribution in [2.24, 2.45) is 17.3 Å². The molecule has 9 heteroatoms. The molecule has 1 aromatic rings. The molecule has 0 unspecified atom stereocenters. The van der Waals surface area contributed by atoms with Crippen LogP contribution in [0.1, 0.15) is 112 Å². The molecule has 2 heterocycles. The fourth-order valence-corrected chi connectivity index (χ4v) is 7.55. The second-order valence-corrected chi connectivity index (χ2v) is 21.0. The molecule has 1 aliphatic heterocycles. The summed E-state index contributed by atoms with van der Waals surface area (Å²) in [6.07, 6.45) is 3.66. The number of amides is 1. The summed E-state index contributed by atoms with van der Waals surface area (Å²) in [6, 6.07) is -0.300. The normalized spacial score (nSPS) is 31.6. The van der Waals surface area contributed by atoms with E-state index in [9.17, 15) is 19.8 Å². The number of nitrogens with zero attached hydrogens (tertiary/aromatic N) is 1. The fourth-order valence-electron chi connectivity index (χ4n) is 5.54. The monoisotopic (exact) mass is 622 g/mol. The van der Waals surface area contributed by atoms with Gasteiger partial charge in [-0.3, -0.25) is 9.59 Å². The number of hydrogen-bond acceptors (Lipinski definition) is 7. The zero-order valence-electron chi connectivity index (χ0n) is 28.3. The summed E-state index contributed by atoms with van der Waals surface area (Å²) >= 11 is 1.58. The maximum atomic E-state index is 14.0. The lowest BCUT2D eigenvalue weighted by molar-refractivity contribution is -0.142. The summed E-state index contributed by atoms with van der Waals surface area (Å²) < 4.78 is 6.85. The summed E-state index contributed by atoms with van der Waals surface area (Å²) in [7, 11) is -2.37. The Kier molecular flexibility index (Phi) is 12.4. The summed E-state index contributed by atoms with van der Waals surface area (Å²) in [5.41, 5.74) is -0.0880. The van der Waals surface area contributed by atoms with E-state index in [1.807, 2.05) is 53.0 Å². The molecule has 1 fully saturated rings. The minimum Gasteiger partial charge on any atom is -0.412 e. The van der Waals surface area contributed by atoms with Gasteiger partial charge in [-0.1, -0.05) is 54.9 Å². The number of thiazole rings is 1. The number of aryl methyl sites for hydroxylation is 1. The van der Waals surface area contributed by atoms with Crippen LogP contribution in [-0.4, -0.2) is 59.1 Å². The average Bonchev–Trinajstić information content (AvgIpc) is 3.27. The molecule has 0 bridgehead atoms. The minimum absolute atomic E-state index is 0.0274. The maximum Gasteiger partial charge on any atom is 0.223 e. The van der Waals surface area contributed by atoms with Crippen LogP contribution in [0.25, 0.3) is 6.08 Å². The Balaban J connectivity index is 2.53. The van der Waals surface area contributed by atoms with Crippen molar-refractivity contribution in [3.8, 4) is 0 Å². The summed E-state index contributed by atoms with van der Waals surface area (Å²) in [4.78, 5) is 32.4. The molecule has 0 aromatic carbocycles. The van der Waals surface area contributed by atoms with E-state index in [-0.39, 0.29) is 35.1 Å². The first-order chi connectivity index (χ1) is 19.1. The predicted octanol–water partition coefficient (Wildman–Crippen LogP) is 7.06. The van der Waals surface area contributed by atoms with Crippen LogP contribution in [0.5, 0.6) is 0 Å². The highest BCUT2D eigenvalue weighted by Gasteiger charge is 2.48. The number of ketones is 1. The van der Waals surface area contributed by atoms with Crippen molar-refractivity contribution in [2.75, 3.05) is 0 Å². The number of carbonyl (C=O) groups excluding carboxylic acids is 2. The second-order valence-electron chi connectivity index (χ2n) is 15.1. The van der Waals surface area contributed by atoms with Crippen LogP contribution < -0.4 is 5.32 Å². The van der Waals surface area contributed by atoms with Gasteiger partial charge in [-0.15, -0.1) is 11.3 Å². The second kappa shape index (κ2) is 14.1. The fraction of sp³-hybridized carbons (Fsp3) is 0.788. The molecule has 1 amide bonds. The number of nitrogens with one attached hydrogen (secondary N) is 1. The number of Topliss-reactive ketones (excluding diaryl/α,β-unsaturated/α-hetero) is 1. The van der Waals surface area contributed by atoms with Gasteiger partial charge in [-0.25, -0.2) is 4.98 Å². The van der Waals surface area contributed by atoms with Gasteiger partial charge in [0, 0.05) is 16.7 Å². The van der Waals surface area contributed by atoms with Gasteiger partial charge in [-0.05, 0) is 82.2 Å². The van der Waals surface area contributed by atoms with E-state index in [0.29, 0.717) is 25.7 Å². The maximum absolute atomic E-state index is 14.0. The third-order valence-electron chi connectivity index (χ3n) is 9.81. The Morgan fingerprint density at radius 2 is 1.79 bits per heavy atom. The highest BCUT2D eigenvalue weighted by atomic mass is 32.1. The van der Waals surface area contributed by atoms with Crippen molar-refractivity contribution >= 4 is 37.4 Å². The lowest BCUT2D eigenvalue weighted by atomic mass is 9.72. The van der Waals surface area contributed by atoms with Gasteiger partial charge in [0.1, 0.15) is 5.78 Å². The van der Waals surface area contributed by atoms with Crippen molar-refractivity contribution in [1.29, 1.82) is 0 Å². The van der Waals surface area contributed by atoms with Gasteiger partial charge in [0.25, 0.3) is 0 Å². The van der Waals surface area contributed by atoms with E-state index in [4.69, 9.17) is 4.43 Å². The average molecular weight is 623 g/mol. The van der Waals surface area contributed by atoms with Gasteiger partial charge >= 0.3 is 0 Å². The van der Waals surface area contributed by atoms with Gasteiger partial charge in [0.15, 0.2) is 8.32 Å². The molecule has 0 aliphatic carbocycles. The van der Waals surface area contributed by atoms with Crippen LogP contribution in [0.2, 0.25) is 18.1 Å². The first-order valence-corrected chi connectivity index (χ1v) is 19.4. The number of aliphatic hydroxyl groups is 2. The highest BCUT2D eigenvalue weighted by molar-refractivity contribution is 7.09. The summed E-state index contributed by atoms with van der Waals surface area (Å²) in [5, 5.41) is 28.5. The standard InChI is InChI=1S/C33H58N2O5SSi/c1-21-14-13-16-33(10,39)17-15-26(22(2)18-25-20-41-24(4)34-25)35-28(36)19-27(40-42(11,12)31(5,6)7)32(8,9)30(38)23(3)29(21)37/h18,20-21,23,26-27,29,37,39H,13-17,19H2,1-12H3,(H,35,36)/b22-18+/t21-,23+,26-,27-,29-,33+/m0/s1. The van der Waals surface area contributed by atoms with Crippen molar-refractivity contribution in [3.05, 3.63) is 21.7 Å². The number of carbonyl (C=O) groups is 2. The Labute approximate surface area is 260 Å². The first-order valence-electron chi connectivity index (χ1n) is 15.6. The Hall–Kier alpha value is -1.39. The highest BCUT2D eigenvalue weighted by Crippen LogP contribution is 2.42. The molecule has 1 aliphatic rings. The van der Waals surface area contributed by atoms with Crippen LogP contribution in [-0.2, 0) is 14.0 Å². The van der Waals surface area contributed by atoms with Crippen LogP contribution in [0.3, 0.4) is 0 Å². The molecule has 240 valence electrons. The predicted molar refractivity (Wildman–Crippen MR) is 176 cm³/mol. The van der Waals surface area contributed by atoms with Crippen LogP contribution in [0, 0.1) is 24.2 Å². The van der Waals surface area contributed by atoms with Gasteiger partial charge in [-0.2, -0.15) is 0 Å². The largest absolute Gasteiger partial charge is 0.412 e. The van der Waals surface area contributed by atoms with E-state index >= 15 is 0 Å². The lowest BCUT2D eigenvalue weighted by Crippen LogP contribution is -2.53. The summed E-state index contributed by atoms with van der Waals surface area (Å²) in [5.74, 6) is -1.01. The molecule has 42 heavy (non-hydrogen) atoms. The molecule has 0 radical (unpaired) electrons. The number of aromatic nitrogens is 1. The molecular weight excluding hydrogens is 565 g/mol.